The SMILES string of the molecule is Cc1cc(NC(=O)COC2CC(C)CCC2C(C)C)ccc1N1CCCC1=O. The Morgan fingerprint density at radius 3 is 2.75 bits per heavy atom. The van der Waals surface area contributed by atoms with Crippen LogP contribution in [0.2, 0.25) is 0 Å². The number of rotatable bonds is 6. The Balaban J connectivity index is 1.56. The monoisotopic (exact) mass is 386 g/mol. The maximum absolute atomic E-state index is 12.4. The minimum Gasteiger partial charge on any atom is -0.368 e. The first-order valence-corrected chi connectivity index (χ1v) is 10.7. The summed E-state index contributed by atoms with van der Waals surface area (Å²) < 4.78 is 6.05. The number of carbonyl (C=O) groups excluding carboxylic acids is 2. The molecule has 5 heteroatoms. The molecule has 0 aromatic heterocycles. The van der Waals surface area contributed by atoms with Gasteiger partial charge in [0.15, 0.2) is 0 Å². The van der Waals surface area contributed by atoms with E-state index in [0.29, 0.717) is 24.2 Å². The molecule has 1 saturated heterocycles. The molecule has 1 aromatic carbocycles. The van der Waals surface area contributed by atoms with Crippen LogP contribution in [0, 0.1) is 24.7 Å². The number of carbonyl (C=O) groups is 2. The van der Waals surface area contributed by atoms with Crippen molar-refractivity contribution in [3.05, 3.63) is 23.8 Å². The fourth-order valence-electron chi connectivity index (χ4n) is 4.63. The van der Waals surface area contributed by atoms with Crippen molar-refractivity contribution in [3.63, 3.8) is 0 Å². The lowest BCUT2D eigenvalue weighted by Crippen LogP contribution is -2.36. The lowest BCUT2D eigenvalue weighted by molar-refractivity contribution is -0.126. The summed E-state index contributed by atoms with van der Waals surface area (Å²) in [4.78, 5) is 26.2. The van der Waals surface area contributed by atoms with E-state index < -0.39 is 0 Å². The highest BCUT2D eigenvalue weighted by atomic mass is 16.5. The second kappa shape index (κ2) is 9.08. The van der Waals surface area contributed by atoms with E-state index >= 15 is 0 Å². The molecule has 0 spiro atoms. The molecule has 5 nitrogen and oxygen atoms in total. The van der Waals surface area contributed by atoms with Gasteiger partial charge in [-0.3, -0.25) is 9.59 Å². The van der Waals surface area contributed by atoms with Gasteiger partial charge in [0.2, 0.25) is 11.8 Å². The standard InChI is InChI=1S/C23H34N2O3/c1-15(2)19-9-7-16(3)12-21(19)28-14-22(26)24-18-8-10-20(17(4)13-18)25-11-5-6-23(25)27/h8,10,13,15-16,19,21H,5-7,9,11-12,14H2,1-4H3,(H,24,26). The number of amides is 2. The highest BCUT2D eigenvalue weighted by Crippen LogP contribution is 2.35. The summed E-state index contributed by atoms with van der Waals surface area (Å²) in [5.74, 6) is 1.82. The van der Waals surface area contributed by atoms with Crippen molar-refractivity contribution < 1.29 is 14.3 Å². The van der Waals surface area contributed by atoms with E-state index in [9.17, 15) is 9.59 Å². The lowest BCUT2D eigenvalue weighted by atomic mass is 9.75. The molecule has 1 saturated carbocycles. The Hall–Kier alpha value is -1.88. The third kappa shape index (κ3) is 4.93. The molecule has 3 rings (SSSR count). The van der Waals surface area contributed by atoms with E-state index in [-0.39, 0.29) is 24.5 Å². The van der Waals surface area contributed by atoms with Crippen LogP contribution in [0.4, 0.5) is 11.4 Å². The number of ether oxygens (including phenoxy) is 1. The quantitative estimate of drug-likeness (QED) is 0.781. The minimum absolute atomic E-state index is 0.0893. The van der Waals surface area contributed by atoms with Crippen molar-refractivity contribution >= 4 is 23.2 Å². The van der Waals surface area contributed by atoms with Gasteiger partial charge in [0.25, 0.3) is 0 Å². The molecule has 1 aliphatic carbocycles. The van der Waals surface area contributed by atoms with Gasteiger partial charge in [0.05, 0.1) is 6.10 Å². The second-order valence-electron chi connectivity index (χ2n) is 8.87. The van der Waals surface area contributed by atoms with E-state index in [2.05, 4.69) is 26.1 Å². The van der Waals surface area contributed by atoms with Crippen LogP contribution in [0.3, 0.4) is 0 Å². The van der Waals surface area contributed by atoms with Crippen molar-refractivity contribution in [1.29, 1.82) is 0 Å². The van der Waals surface area contributed by atoms with Crippen LogP contribution in [-0.4, -0.2) is 31.1 Å². The van der Waals surface area contributed by atoms with Crippen LogP contribution in [0.25, 0.3) is 0 Å². The van der Waals surface area contributed by atoms with Gasteiger partial charge in [-0.15, -0.1) is 0 Å². The molecule has 3 unspecified atom stereocenters. The zero-order chi connectivity index (χ0) is 20.3. The second-order valence-corrected chi connectivity index (χ2v) is 8.87. The van der Waals surface area contributed by atoms with Crippen LogP contribution < -0.4 is 10.2 Å². The topological polar surface area (TPSA) is 58.6 Å². The maximum atomic E-state index is 12.4. The molecule has 28 heavy (non-hydrogen) atoms. The normalized spacial score (nSPS) is 25.4. The molecule has 154 valence electrons. The number of nitrogens with zero attached hydrogens (tertiary/aromatic N) is 1. The third-order valence-electron chi connectivity index (χ3n) is 6.23. The fourth-order valence-corrected chi connectivity index (χ4v) is 4.63. The zero-order valence-electron chi connectivity index (χ0n) is 17.7. The number of anilines is 2. The van der Waals surface area contributed by atoms with Crippen molar-refractivity contribution in [3.8, 4) is 0 Å². The van der Waals surface area contributed by atoms with E-state index in [1.807, 2.05) is 30.0 Å². The Morgan fingerprint density at radius 2 is 2.11 bits per heavy atom. The Morgan fingerprint density at radius 1 is 1.32 bits per heavy atom. The molecule has 1 aliphatic heterocycles. The van der Waals surface area contributed by atoms with Crippen molar-refractivity contribution in [2.24, 2.45) is 17.8 Å². The minimum atomic E-state index is -0.120. The van der Waals surface area contributed by atoms with Gasteiger partial charge in [-0.2, -0.15) is 0 Å². The predicted molar refractivity (Wildman–Crippen MR) is 112 cm³/mol. The van der Waals surface area contributed by atoms with Gasteiger partial charge < -0.3 is 15.0 Å². The largest absolute Gasteiger partial charge is 0.368 e. The summed E-state index contributed by atoms with van der Waals surface area (Å²) in [6.45, 7) is 9.59. The van der Waals surface area contributed by atoms with Crippen molar-refractivity contribution in [2.45, 2.75) is 65.9 Å². The van der Waals surface area contributed by atoms with E-state index in [1.54, 1.807) is 0 Å². The molecule has 3 atom stereocenters. The summed E-state index contributed by atoms with van der Waals surface area (Å²) in [5.41, 5.74) is 2.68. The third-order valence-corrected chi connectivity index (χ3v) is 6.23. The summed E-state index contributed by atoms with van der Waals surface area (Å²) in [5, 5.41) is 2.94. The van der Waals surface area contributed by atoms with E-state index in [4.69, 9.17) is 4.74 Å². The van der Waals surface area contributed by atoms with Crippen LogP contribution >= 0.6 is 0 Å². The number of hydrogen-bond donors (Lipinski definition) is 1. The Labute approximate surface area is 168 Å². The highest BCUT2D eigenvalue weighted by molar-refractivity contribution is 5.97. The molecule has 1 heterocycles. The number of hydrogen-bond acceptors (Lipinski definition) is 3. The van der Waals surface area contributed by atoms with Gasteiger partial charge in [-0.25, -0.2) is 0 Å². The van der Waals surface area contributed by atoms with Crippen molar-refractivity contribution in [2.75, 3.05) is 23.4 Å². The van der Waals surface area contributed by atoms with Gasteiger partial charge in [-0.1, -0.05) is 27.2 Å². The molecular weight excluding hydrogens is 352 g/mol. The summed E-state index contributed by atoms with van der Waals surface area (Å²) in [6, 6.07) is 5.72. The van der Waals surface area contributed by atoms with Gasteiger partial charge >= 0.3 is 0 Å². The predicted octanol–water partition coefficient (Wildman–Crippen LogP) is 4.54. The van der Waals surface area contributed by atoms with Crippen LogP contribution in [0.1, 0.15) is 58.4 Å². The Bertz CT molecular complexity index is 716. The first kappa shape index (κ1) is 20.8. The van der Waals surface area contributed by atoms with Gasteiger partial charge in [-0.05, 0) is 67.7 Å². The van der Waals surface area contributed by atoms with Crippen molar-refractivity contribution in [1.82, 2.24) is 0 Å². The Kier molecular flexibility index (Phi) is 6.76. The summed E-state index contributed by atoms with van der Waals surface area (Å²) in [6.07, 6.45) is 5.16. The summed E-state index contributed by atoms with van der Waals surface area (Å²) >= 11 is 0. The first-order valence-electron chi connectivity index (χ1n) is 10.7. The van der Waals surface area contributed by atoms with E-state index in [1.165, 1.54) is 12.8 Å². The molecule has 0 radical (unpaired) electrons. The molecule has 0 bridgehead atoms. The smallest absolute Gasteiger partial charge is 0.250 e. The number of benzene rings is 1. The average Bonchev–Trinajstić information content (AvgIpc) is 3.05. The van der Waals surface area contributed by atoms with Crippen LogP contribution in [0.15, 0.2) is 18.2 Å². The van der Waals surface area contributed by atoms with E-state index in [0.717, 1.165) is 36.3 Å². The van der Waals surface area contributed by atoms with Crippen LogP contribution in [-0.2, 0) is 14.3 Å². The summed E-state index contributed by atoms with van der Waals surface area (Å²) in [7, 11) is 0. The molecule has 2 aliphatic rings. The molecule has 2 fully saturated rings. The average molecular weight is 387 g/mol. The molecule has 1 aromatic rings. The van der Waals surface area contributed by atoms with Gasteiger partial charge in [0, 0.05) is 24.3 Å². The zero-order valence-corrected chi connectivity index (χ0v) is 17.7. The molecular formula is C23H34N2O3. The van der Waals surface area contributed by atoms with Gasteiger partial charge in [0.1, 0.15) is 6.61 Å². The molecule has 2 amide bonds. The highest BCUT2D eigenvalue weighted by Gasteiger charge is 2.31. The lowest BCUT2D eigenvalue weighted by Gasteiger charge is -2.37. The molecule has 1 N–H and O–H groups in total. The number of aryl methyl sites for hydroxylation is 1. The maximum Gasteiger partial charge on any atom is 0.250 e. The number of nitrogens with one attached hydrogen (secondary N) is 1. The van der Waals surface area contributed by atoms with Crippen LogP contribution in [0.5, 0.6) is 0 Å². The first-order chi connectivity index (χ1) is 13.3. The fraction of sp³-hybridized carbons (Fsp3) is 0.652.